The number of hydrogen-bond acceptors (Lipinski definition) is 2. The number of carbonyl (C=O) groups excluding carboxylic acids is 1. The van der Waals surface area contributed by atoms with Crippen molar-refractivity contribution < 1.29 is 4.79 Å². The van der Waals surface area contributed by atoms with E-state index >= 15 is 0 Å². The van der Waals surface area contributed by atoms with E-state index in [4.69, 9.17) is 5.73 Å². The molecule has 0 bridgehead atoms. The molecular weight excluding hydrogens is 224 g/mol. The monoisotopic (exact) mass is 240 g/mol. The van der Waals surface area contributed by atoms with E-state index < -0.39 is 0 Å². The lowest BCUT2D eigenvalue weighted by Gasteiger charge is -2.19. The molecule has 0 heterocycles. The number of hydrogen-bond donors (Lipinski definition) is 2. The van der Waals surface area contributed by atoms with Gasteiger partial charge in [0.05, 0.1) is 6.54 Å². The van der Waals surface area contributed by atoms with Crippen LogP contribution >= 0.6 is 12.4 Å². The van der Waals surface area contributed by atoms with Crippen molar-refractivity contribution in [3.05, 3.63) is 29.3 Å². The zero-order valence-corrected chi connectivity index (χ0v) is 9.98. The number of nitrogens with two attached hydrogens (primary N) is 1. The Morgan fingerprint density at radius 2 is 2.06 bits per heavy atom. The van der Waals surface area contributed by atoms with E-state index in [0.717, 1.165) is 18.5 Å². The highest BCUT2D eigenvalue weighted by atomic mass is 35.5. The molecule has 0 spiro atoms. The lowest BCUT2D eigenvalue weighted by atomic mass is 9.90. The highest BCUT2D eigenvalue weighted by Gasteiger charge is 2.13. The Bertz CT molecular complexity index is 379. The Kier molecular flexibility index (Phi) is 4.77. The standard InChI is InChI=1S/C12H16N2O.ClH/c13-8-12(15)14-11-7-3-5-9-4-1-2-6-10(9)11;/h3,5,7H,1-2,4,6,8,13H2,(H,14,15);1H. The highest BCUT2D eigenvalue weighted by Crippen LogP contribution is 2.27. The van der Waals surface area contributed by atoms with Gasteiger partial charge in [0.1, 0.15) is 0 Å². The second-order valence-corrected chi connectivity index (χ2v) is 3.90. The van der Waals surface area contributed by atoms with Gasteiger partial charge in [-0.1, -0.05) is 12.1 Å². The van der Waals surface area contributed by atoms with Crippen molar-refractivity contribution in [2.45, 2.75) is 25.7 Å². The van der Waals surface area contributed by atoms with Gasteiger partial charge < -0.3 is 11.1 Å². The number of benzene rings is 1. The third kappa shape index (κ3) is 2.74. The average molecular weight is 241 g/mol. The summed E-state index contributed by atoms with van der Waals surface area (Å²) in [7, 11) is 0. The van der Waals surface area contributed by atoms with Crippen LogP contribution in [0, 0.1) is 0 Å². The molecule has 0 atom stereocenters. The fourth-order valence-corrected chi connectivity index (χ4v) is 2.10. The fourth-order valence-electron chi connectivity index (χ4n) is 2.10. The Labute approximate surface area is 102 Å². The summed E-state index contributed by atoms with van der Waals surface area (Å²) in [6.45, 7) is 0.0453. The lowest BCUT2D eigenvalue weighted by molar-refractivity contribution is -0.114. The number of aryl methyl sites for hydroxylation is 1. The summed E-state index contributed by atoms with van der Waals surface area (Å²) in [5.74, 6) is -0.117. The van der Waals surface area contributed by atoms with Crippen molar-refractivity contribution in [2.24, 2.45) is 5.73 Å². The van der Waals surface area contributed by atoms with Crippen LogP contribution < -0.4 is 11.1 Å². The van der Waals surface area contributed by atoms with E-state index in [1.54, 1.807) is 0 Å². The maximum absolute atomic E-state index is 11.2. The minimum Gasteiger partial charge on any atom is -0.325 e. The second-order valence-electron chi connectivity index (χ2n) is 3.90. The zero-order chi connectivity index (χ0) is 10.7. The number of nitrogens with one attached hydrogen (secondary N) is 1. The van der Waals surface area contributed by atoms with Crippen molar-refractivity contribution in [1.29, 1.82) is 0 Å². The predicted octanol–water partition coefficient (Wildman–Crippen LogP) is 1.88. The van der Waals surface area contributed by atoms with Gasteiger partial charge in [0.2, 0.25) is 5.91 Å². The molecule has 1 aliphatic carbocycles. The quantitative estimate of drug-likeness (QED) is 0.830. The van der Waals surface area contributed by atoms with E-state index in [1.165, 1.54) is 24.0 Å². The van der Waals surface area contributed by atoms with Crippen LogP contribution in [0.5, 0.6) is 0 Å². The summed E-state index contributed by atoms with van der Waals surface area (Å²) in [6, 6.07) is 6.10. The van der Waals surface area contributed by atoms with Gasteiger partial charge in [0.15, 0.2) is 0 Å². The lowest BCUT2D eigenvalue weighted by Crippen LogP contribution is -2.23. The van der Waals surface area contributed by atoms with E-state index in [9.17, 15) is 4.79 Å². The van der Waals surface area contributed by atoms with Crippen LogP contribution in [0.4, 0.5) is 5.69 Å². The first-order valence-corrected chi connectivity index (χ1v) is 5.42. The summed E-state index contributed by atoms with van der Waals surface area (Å²) < 4.78 is 0. The Morgan fingerprint density at radius 1 is 1.31 bits per heavy atom. The van der Waals surface area contributed by atoms with Crippen molar-refractivity contribution in [3.8, 4) is 0 Å². The van der Waals surface area contributed by atoms with Gasteiger partial charge in [-0.05, 0) is 42.9 Å². The van der Waals surface area contributed by atoms with Crippen LogP contribution in [0.25, 0.3) is 0 Å². The molecule has 0 fully saturated rings. The number of fused-ring (bicyclic) bond motifs is 1. The minimum atomic E-state index is -0.117. The molecule has 0 radical (unpaired) electrons. The van der Waals surface area contributed by atoms with Gasteiger partial charge >= 0.3 is 0 Å². The molecule has 0 aliphatic heterocycles. The molecule has 88 valence electrons. The molecule has 4 heteroatoms. The molecule has 2 rings (SSSR count). The summed E-state index contributed by atoms with van der Waals surface area (Å²) in [4.78, 5) is 11.2. The van der Waals surface area contributed by atoms with Crippen molar-refractivity contribution in [2.75, 3.05) is 11.9 Å². The van der Waals surface area contributed by atoms with E-state index in [-0.39, 0.29) is 24.9 Å². The molecule has 3 nitrogen and oxygen atoms in total. The first kappa shape index (κ1) is 13.0. The topological polar surface area (TPSA) is 55.1 Å². The summed E-state index contributed by atoms with van der Waals surface area (Å²) in [5, 5.41) is 2.86. The molecule has 1 aliphatic rings. The number of carbonyl (C=O) groups is 1. The first-order chi connectivity index (χ1) is 7.31. The molecule has 0 saturated heterocycles. The minimum absolute atomic E-state index is 0. The summed E-state index contributed by atoms with van der Waals surface area (Å²) in [6.07, 6.45) is 4.65. The molecular formula is C12H17ClN2O. The van der Waals surface area contributed by atoms with Crippen LogP contribution in [0.1, 0.15) is 24.0 Å². The third-order valence-corrected chi connectivity index (χ3v) is 2.86. The first-order valence-electron chi connectivity index (χ1n) is 5.42. The van der Waals surface area contributed by atoms with Crippen LogP contribution in [-0.2, 0) is 17.6 Å². The van der Waals surface area contributed by atoms with Gasteiger partial charge in [-0.25, -0.2) is 0 Å². The number of halogens is 1. The van der Waals surface area contributed by atoms with Gasteiger partial charge in [-0.15, -0.1) is 12.4 Å². The van der Waals surface area contributed by atoms with E-state index in [2.05, 4.69) is 11.4 Å². The van der Waals surface area contributed by atoms with Gasteiger partial charge in [-0.2, -0.15) is 0 Å². The molecule has 0 saturated carbocycles. The van der Waals surface area contributed by atoms with Gasteiger partial charge in [-0.3, -0.25) is 4.79 Å². The summed E-state index contributed by atoms with van der Waals surface area (Å²) >= 11 is 0. The van der Waals surface area contributed by atoms with Crippen molar-refractivity contribution in [1.82, 2.24) is 0 Å². The third-order valence-electron chi connectivity index (χ3n) is 2.86. The smallest absolute Gasteiger partial charge is 0.238 e. The Morgan fingerprint density at radius 3 is 2.81 bits per heavy atom. The molecule has 1 aromatic carbocycles. The van der Waals surface area contributed by atoms with Gasteiger partial charge in [0.25, 0.3) is 0 Å². The molecule has 0 aromatic heterocycles. The van der Waals surface area contributed by atoms with E-state index in [1.807, 2.05) is 12.1 Å². The summed E-state index contributed by atoms with van der Waals surface area (Å²) in [5.41, 5.74) is 8.90. The number of rotatable bonds is 2. The van der Waals surface area contributed by atoms with E-state index in [0.29, 0.717) is 0 Å². The Balaban J connectivity index is 0.00000128. The molecule has 16 heavy (non-hydrogen) atoms. The second kappa shape index (κ2) is 5.87. The van der Waals surface area contributed by atoms with Crippen molar-refractivity contribution >= 4 is 24.0 Å². The largest absolute Gasteiger partial charge is 0.325 e. The molecule has 0 unspecified atom stereocenters. The molecule has 1 amide bonds. The average Bonchev–Trinajstić information content (AvgIpc) is 2.29. The number of anilines is 1. The highest BCUT2D eigenvalue weighted by molar-refractivity contribution is 5.93. The van der Waals surface area contributed by atoms with Gasteiger partial charge in [0, 0.05) is 5.69 Å². The zero-order valence-electron chi connectivity index (χ0n) is 9.16. The van der Waals surface area contributed by atoms with Crippen molar-refractivity contribution in [3.63, 3.8) is 0 Å². The normalized spacial score (nSPS) is 13.6. The van der Waals surface area contributed by atoms with Crippen LogP contribution in [-0.4, -0.2) is 12.5 Å². The van der Waals surface area contributed by atoms with Crippen LogP contribution in [0.15, 0.2) is 18.2 Å². The maximum Gasteiger partial charge on any atom is 0.238 e. The van der Waals surface area contributed by atoms with Crippen LogP contribution in [0.2, 0.25) is 0 Å². The number of amides is 1. The fraction of sp³-hybridized carbons (Fsp3) is 0.417. The Hall–Kier alpha value is -1.06. The molecule has 3 N–H and O–H groups in total. The van der Waals surface area contributed by atoms with Crippen LogP contribution in [0.3, 0.4) is 0 Å². The molecule has 1 aromatic rings. The maximum atomic E-state index is 11.2. The SMILES string of the molecule is Cl.NCC(=O)Nc1cccc2c1CCCC2. The predicted molar refractivity (Wildman–Crippen MR) is 68.0 cm³/mol.